The van der Waals surface area contributed by atoms with Crippen LogP contribution in [0.2, 0.25) is 0 Å². The van der Waals surface area contributed by atoms with E-state index >= 15 is 0 Å². The molecular formula is C7H16O3S. The number of aliphatic hydroxyl groups is 1. The molecule has 0 heterocycles. The Balaban J connectivity index is 3.21. The lowest BCUT2D eigenvalue weighted by atomic mass is 10.5. The highest BCUT2D eigenvalue weighted by Gasteiger charge is 2.05. The van der Waals surface area contributed by atoms with Crippen LogP contribution in [0.3, 0.4) is 0 Å². The molecule has 1 unspecified atom stereocenters. The second-order valence-electron chi connectivity index (χ2n) is 2.29. The maximum Gasteiger partial charge on any atom is 0.165 e. The van der Waals surface area contributed by atoms with Crippen molar-refractivity contribution in [1.82, 2.24) is 0 Å². The van der Waals surface area contributed by atoms with Crippen LogP contribution in [0, 0.1) is 0 Å². The van der Waals surface area contributed by atoms with Crippen LogP contribution in [0.15, 0.2) is 0 Å². The van der Waals surface area contributed by atoms with Crippen LogP contribution < -0.4 is 0 Å². The molecule has 0 spiro atoms. The van der Waals surface area contributed by atoms with Crippen molar-refractivity contribution >= 4 is 11.8 Å². The summed E-state index contributed by atoms with van der Waals surface area (Å²) in [5.41, 5.74) is 0. The van der Waals surface area contributed by atoms with Crippen molar-refractivity contribution in [3.8, 4) is 0 Å². The molecule has 4 heteroatoms. The summed E-state index contributed by atoms with van der Waals surface area (Å²) >= 11 is 1.62. The first kappa shape index (κ1) is 11.2. The highest BCUT2D eigenvalue weighted by Crippen LogP contribution is 2.07. The van der Waals surface area contributed by atoms with Gasteiger partial charge in [-0.2, -0.15) is 11.8 Å². The normalized spacial score (nSPS) is 13.9. The van der Waals surface area contributed by atoms with Gasteiger partial charge in [0.15, 0.2) is 6.29 Å². The summed E-state index contributed by atoms with van der Waals surface area (Å²) in [4.78, 5) is 0. The van der Waals surface area contributed by atoms with Crippen LogP contribution in [0.5, 0.6) is 0 Å². The number of ether oxygens (including phenoxy) is 2. The molecule has 0 aromatic rings. The Hall–Kier alpha value is 0.230. The summed E-state index contributed by atoms with van der Waals surface area (Å²) in [6, 6.07) is 0. The molecule has 0 radical (unpaired) electrons. The maximum absolute atomic E-state index is 8.91. The SMILES string of the molecule is COC(CSCC(C)O)OC. The van der Waals surface area contributed by atoms with Crippen LogP contribution >= 0.6 is 11.8 Å². The van der Waals surface area contributed by atoms with Crippen molar-refractivity contribution < 1.29 is 14.6 Å². The molecule has 0 bridgehead atoms. The van der Waals surface area contributed by atoms with E-state index in [0.717, 1.165) is 11.5 Å². The minimum Gasteiger partial charge on any atom is -0.393 e. The Kier molecular flexibility index (Phi) is 7.06. The van der Waals surface area contributed by atoms with Gasteiger partial charge in [0, 0.05) is 25.7 Å². The fourth-order valence-corrected chi connectivity index (χ4v) is 1.51. The standard InChI is InChI=1S/C7H16O3S/c1-6(8)4-11-5-7(9-2)10-3/h6-8H,4-5H2,1-3H3. The maximum atomic E-state index is 8.91. The van der Waals surface area contributed by atoms with Crippen LogP contribution in [0.25, 0.3) is 0 Å². The smallest absolute Gasteiger partial charge is 0.165 e. The summed E-state index contributed by atoms with van der Waals surface area (Å²) in [5, 5.41) is 8.91. The van der Waals surface area contributed by atoms with Gasteiger partial charge in [0.1, 0.15) is 0 Å². The molecule has 0 amide bonds. The average molecular weight is 180 g/mol. The molecule has 68 valence electrons. The lowest BCUT2D eigenvalue weighted by Gasteiger charge is -2.12. The highest BCUT2D eigenvalue weighted by molar-refractivity contribution is 7.99. The van der Waals surface area contributed by atoms with Crippen molar-refractivity contribution in [2.24, 2.45) is 0 Å². The van der Waals surface area contributed by atoms with Gasteiger partial charge in [-0.3, -0.25) is 0 Å². The third kappa shape index (κ3) is 6.62. The van der Waals surface area contributed by atoms with Crippen molar-refractivity contribution in [1.29, 1.82) is 0 Å². The average Bonchev–Trinajstić information content (AvgIpc) is 1.98. The molecule has 0 saturated heterocycles. The van der Waals surface area contributed by atoms with E-state index in [1.165, 1.54) is 0 Å². The van der Waals surface area contributed by atoms with E-state index < -0.39 is 0 Å². The molecule has 0 aromatic carbocycles. The Labute approximate surface area is 72.1 Å². The fraction of sp³-hybridized carbons (Fsp3) is 1.00. The van der Waals surface area contributed by atoms with Gasteiger partial charge in [0.2, 0.25) is 0 Å². The molecule has 3 nitrogen and oxygen atoms in total. The predicted molar refractivity (Wildman–Crippen MR) is 46.8 cm³/mol. The molecule has 0 aliphatic heterocycles. The summed E-state index contributed by atoms with van der Waals surface area (Å²) < 4.78 is 9.91. The number of aliphatic hydroxyl groups excluding tert-OH is 1. The van der Waals surface area contributed by atoms with E-state index in [-0.39, 0.29) is 12.4 Å². The van der Waals surface area contributed by atoms with E-state index in [2.05, 4.69) is 0 Å². The molecule has 0 aliphatic rings. The summed E-state index contributed by atoms with van der Waals surface area (Å²) in [7, 11) is 3.22. The first-order chi connectivity index (χ1) is 5.20. The van der Waals surface area contributed by atoms with Gasteiger partial charge in [-0.25, -0.2) is 0 Å². The highest BCUT2D eigenvalue weighted by atomic mass is 32.2. The largest absolute Gasteiger partial charge is 0.393 e. The fourth-order valence-electron chi connectivity index (χ4n) is 0.567. The van der Waals surface area contributed by atoms with Crippen LogP contribution in [0.4, 0.5) is 0 Å². The number of rotatable bonds is 6. The summed E-state index contributed by atoms with van der Waals surface area (Å²) in [5.74, 6) is 1.49. The number of thioether (sulfide) groups is 1. The van der Waals surface area contributed by atoms with Gasteiger partial charge in [-0.15, -0.1) is 0 Å². The van der Waals surface area contributed by atoms with Gasteiger partial charge in [-0.05, 0) is 6.92 Å². The van der Waals surface area contributed by atoms with Crippen LogP contribution in [-0.4, -0.2) is 43.2 Å². The van der Waals surface area contributed by atoms with Crippen molar-refractivity contribution in [3.63, 3.8) is 0 Å². The molecular weight excluding hydrogens is 164 g/mol. The zero-order valence-corrected chi connectivity index (χ0v) is 8.06. The topological polar surface area (TPSA) is 38.7 Å². The van der Waals surface area contributed by atoms with Crippen LogP contribution in [0.1, 0.15) is 6.92 Å². The van der Waals surface area contributed by atoms with Crippen molar-refractivity contribution in [2.75, 3.05) is 25.7 Å². The predicted octanol–water partition coefficient (Wildman–Crippen LogP) is 0.719. The van der Waals surface area contributed by atoms with Gasteiger partial charge >= 0.3 is 0 Å². The summed E-state index contributed by atoms with van der Waals surface area (Å²) in [6.45, 7) is 1.77. The minimum atomic E-state index is -0.255. The molecule has 1 N–H and O–H groups in total. The van der Waals surface area contributed by atoms with E-state index in [4.69, 9.17) is 14.6 Å². The van der Waals surface area contributed by atoms with Crippen molar-refractivity contribution in [2.45, 2.75) is 19.3 Å². The first-order valence-corrected chi connectivity index (χ1v) is 4.67. The Morgan fingerprint density at radius 2 is 1.82 bits per heavy atom. The first-order valence-electron chi connectivity index (χ1n) is 3.52. The van der Waals surface area contributed by atoms with Gasteiger partial charge in [-0.1, -0.05) is 0 Å². The molecule has 11 heavy (non-hydrogen) atoms. The van der Waals surface area contributed by atoms with Crippen LogP contribution in [-0.2, 0) is 9.47 Å². The molecule has 0 rings (SSSR count). The molecule has 0 aromatic heterocycles. The van der Waals surface area contributed by atoms with E-state index in [1.807, 2.05) is 0 Å². The zero-order chi connectivity index (χ0) is 8.69. The molecule has 0 saturated carbocycles. The number of hydrogen-bond donors (Lipinski definition) is 1. The summed E-state index contributed by atoms with van der Waals surface area (Å²) in [6.07, 6.45) is -0.409. The molecule has 1 atom stereocenters. The third-order valence-electron chi connectivity index (χ3n) is 1.14. The lowest BCUT2D eigenvalue weighted by molar-refractivity contribution is -0.0842. The zero-order valence-electron chi connectivity index (χ0n) is 7.24. The quantitative estimate of drug-likeness (QED) is 0.611. The van der Waals surface area contributed by atoms with Crippen molar-refractivity contribution in [3.05, 3.63) is 0 Å². The minimum absolute atomic E-state index is 0.154. The van der Waals surface area contributed by atoms with E-state index in [0.29, 0.717) is 0 Å². The lowest BCUT2D eigenvalue weighted by Crippen LogP contribution is -2.17. The molecule has 0 aliphatic carbocycles. The Morgan fingerprint density at radius 3 is 2.18 bits per heavy atom. The second-order valence-corrected chi connectivity index (χ2v) is 3.36. The number of hydrogen-bond acceptors (Lipinski definition) is 4. The Morgan fingerprint density at radius 1 is 1.27 bits per heavy atom. The number of methoxy groups -OCH3 is 2. The van der Waals surface area contributed by atoms with E-state index in [9.17, 15) is 0 Å². The Bertz CT molecular complexity index is 83.8. The monoisotopic (exact) mass is 180 g/mol. The third-order valence-corrected chi connectivity index (χ3v) is 2.36. The van der Waals surface area contributed by atoms with Gasteiger partial charge < -0.3 is 14.6 Å². The molecule has 0 fully saturated rings. The van der Waals surface area contributed by atoms with Gasteiger partial charge in [0.25, 0.3) is 0 Å². The second kappa shape index (κ2) is 6.91. The van der Waals surface area contributed by atoms with E-state index in [1.54, 1.807) is 32.9 Å². The van der Waals surface area contributed by atoms with Gasteiger partial charge in [0.05, 0.1) is 6.10 Å².